The van der Waals surface area contributed by atoms with Gasteiger partial charge in [0.05, 0.1) is 23.9 Å². The summed E-state index contributed by atoms with van der Waals surface area (Å²) in [6.07, 6.45) is -0.153. The second-order valence-electron chi connectivity index (χ2n) is 7.15. The van der Waals surface area contributed by atoms with Crippen LogP contribution in [0.3, 0.4) is 0 Å². The quantitative estimate of drug-likeness (QED) is 0.487. The number of halogens is 3. The predicted octanol–water partition coefficient (Wildman–Crippen LogP) is 4.79. The van der Waals surface area contributed by atoms with Gasteiger partial charge in [0.2, 0.25) is 0 Å². The molecule has 0 N–H and O–H groups in total. The topological polar surface area (TPSA) is 49.0 Å². The maximum atomic E-state index is 12.7. The lowest BCUT2D eigenvalue weighted by atomic mass is 10.0. The zero-order valence-corrected chi connectivity index (χ0v) is 15.6. The monoisotopic (exact) mass is 411 g/mol. The number of pyridine rings is 1. The Bertz CT molecular complexity index is 1290. The average Bonchev–Trinajstić information content (AvgIpc) is 3.09. The summed E-state index contributed by atoms with van der Waals surface area (Å²) in [5, 5.41) is 5.27. The Hall–Kier alpha value is -3.39. The Morgan fingerprint density at radius 1 is 1.00 bits per heavy atom. The van der Waals surface area contributed by atoms with Crippen LogP contribution in [-0.2, 0) is 10.9 Å². The molecule has 1 saturated heterocycles. The molecule has 0 saturated carbocycles. The molecule has 4 aromatic rings. The van der Waals surface area contributed by atoms with E-state index in [2.05, 4.69) is 5.10 Å². The molecule has 1 unspecified atom stereocenters. The molecule has 1 aliphatic rings. The number of nitrogens with zero attached hydrogens (tertiary/aromatic N) is 3. The number of ether oxygens (including phenoxy) is 1. The molecule has 0 bridgehead atoms. The lowest BCUT2D eigenvalue weighted by Gasteiger charge is -2.27. The highest BCUT2D eigenvalue weighted by Crippen LogP contribution is 2.31. The van der Waals surface area contributed by atoms with Crippen LogP contribution < -0.4 is 5.56 Å². The van der Waals surface area contributed by atoms with Crippen molar-refractivity contribution in [3.8, 4) is 16.8 Å². The highest BCUT2D eigenvalue weighted by Gasteiger charge is 2.30. The third kappa shape index (κ3) is 3.19. The van der Waals surface area contributed by atoms with Crippen molar-refractivity contribution in [3.05, 3.63) is 82.9 Å². The molecule has 1 fully saturated rings. The molecular weight excluding hydrogens is 395 g/mol. The third-order valence-electron chi connectivity index (χ3n) is 5.27. The van der Waals surface area contributed by atoms with Crippen LogP contribution in [0, 0.1) is 0 Å². The standard InChI is InChI=1S/C22H16F3N3O2/c23-22(24,25)17-3-1-14(2-4-17)15-7-9-27(20(29)12-15)18-5-6-19-16(11-18)13-26-28(19)21-8-10-30-21/h1-7,9,11-13,21H,8,10H2. The van der Waals surface area contributed by atoms with E-state index in [0.717, 1.165) is 36.1 Å². The van der Waals surface area contributed by atoms with Gasteiger partial charge in [-0.2, -0.15) is 18.3 Å². The van der Waals surface area contributed by atoms with Crippen molar-refractivity contribution in [3.63, 3.8) is 0 Å². The van der Waals surface area contributed by atoms with Crippen LogP contribution >= 0.6 is 0 Å². The summed E-state index contributed by atoms with van der Waals surface area (Å²) in [4.78, 5) is 12.7. The van der Waals surface area contributed by atoms with Gasteiger partial charge < -0.3 is 4.74 Å². The van der Waals surface area contributed by atoms with Gasteiger partial charge >= 0.3 is 6.18 Å². The predicted molar refractivity (Wildman–Crippen MR) is 105 cm³/mol. The van der Waals surface area contributed by atoms with Gasteiger partial charge in [-0.05, 0) is 47.5 Å². The van der Waals surface area contributed by atoms with Gasteiger partial charge in [0.15, 0.2) is 6.23 Å². The van der Waals surface area contributed by atoms with E-state index in [4.69, 9.17) is 4.74 Å². The summed E-state index contributed by atoms with van der Waals surface area (Å²) in [7, 11) is 0. The third-order valence-corrected chi connectivity index (χ3v) is 5.27. The molecule has 0 aliphatic carbocycles. The lowest BCUT2D eigenvalue weighted by Crippen LogP contribution is -2.25. The van der Waals surface area contributed by atoms with E-state index < -0.39 is 11.7 Å². The summed E-state index contributed by atoms with van der Waals surface area (Å²) in [6, 6.07) is 13.5. The van der Waals surface area contributed by atoms with Crippen LogP contribution in [0.5, 0.6) is 0 Å². The first-order valence-corrected chi connectivity index (χ1v) is 9.40. The summed E-state index contributed by atoms with van der Waals surface area (Å²) >= 11 is 0. The number of rotatable bonds is 3. The van der Waals surface area contributed by atoms with E-state index in [1.807, 2.05) is 22.9 Å². The number of hydrogen-bond acceptors (Lipinski definition) is 3. The minimum Gasteiger partial charge on any atom is -0.356 e. The van der Waals surface area contributed by atoms with Crippen molar-refractivity contribution in [2.75, 3.05) is 6.61 Å². The number of fused-ring (bicyclic) bond motifs is 1. The summed E-state index contributed by atoms with van der Waals surface area (Å²) in [5.41, 5.74) is 1.71. The summed E-state index contributed by atoms with van der Waals surface area (Å²) < 4.78 is 47.0. The average molecular weight is 411 g/mol. The maximum absolute atomic E-state index is 12.7. The Balaban J connectivity index is 1.46. The largest absolute Gasteiger partial charge is 0.416 e. The second kappa shape index (κ2) is 6.84. The smallest absolute Gasteiger partial charge is 0.356 e. The van der Waals surface area contributed by atoms with Crippen LogP contribution in [0.2, 0.25) is 0 Å². The van der Waals surface area contributed by atoms with Crippen LogP contribution in [0.25, 0.3) is 27.7 Å². The molecule has 30 heavy (non-hydrogen) atoms. The van der Waals surface area contributed by atoms with Crippen LogP contribution in [0.1, 0.15) is 18.2 Å². The van der Waals surface area contributed by atoms with E-state index >= 15 is 0 Å². The van der Waals surface area contributed by atoms with Gasteiger partial charge in [0, 0.05) is 29.8 Å². The number of benzene rings is 2. The van der Waals surface area contributed by atoms with Crippen molar-refractivity contribution in [2.24, 2.45) is 0 Å². The molecule has 2 aromatic carbocycles. The summed E-state index contributed by atoms with van der Waals surface area (Å²) in [5.74, 6) is 0. The second-order valence-corrected chi connectivity index (χ2v) is 7.15. The molecule has 3 heterocycles. The first-order valence-electron chi connectivity index (χ1n) is 9.40. The van der Waals surface area contributed by atoms with Gasteiger partial charge in [-0.3, -0.25) is 9.36 Å². The van der Waals surface area contributed by atoms with E-state index in [1.54, 1.807) is 18.5 Å². The van der Waals surface area contributed by atoms with Crippen molar-refractivity contribution in [1.82, 2.24) is 14.3 Å². The number of hydrogen-bond donors (Lipinski definition) is 0. The van der Waals surface area contributed by atoms with Crippen LogP contribution in [0.15, 0.2) is 71.8 Å². The molecule has 2 aromatic heterocycles. The Morgan fingerprint density at radius 3 is 2.40 bits per heavy atom. The maximum Gasteiger partial charge on any atom is 0.416 e. The Morgan fingerprint density at radius 2 is 1.77 bits per heavy atom. The highest BCUT2D eigenvalue weighted by atomic mass is 19.4. The minimum atomic E-state index is -4.39. The Kier molecular flexibility index (Phi) is 4.25. The fourth-order valence-corrected chi connectivity index (χ4v) is 3.56. The molecule has 1 aliphatic heterocycles. The highest BCUT2D eigenvalue weighted by molar-refractivity contribution is 5.81. The lowest BCUT2D eigenvalue weighted by molar-refractivity contribution is -0.137. The minimum absolute atomic E-state index is 0.0425. The zero-order chi connectivity index (χ0) is 20.9. The number of aromatic nitrogens is 3. The van der Waals surface area contributed by atoms with E-state index in [0.29, 0.717) is 16.8 Å². The fraction of sp³-hybridized carbons (Fsp3) is 0.182. The van der Waals surface area contributed by atoms with Crippen LogP contribution in [0.4, 0.5) is 13.2 Å². The molecule has 5 rings (SSSR count). The molecule has 0 amide bonds. The summed E-state index contributed by atoms with van der Waals surface area (Å²) in [6.45, 7) is 0.727. The van der Waals surface area contributed by atoms with Crippen molar-refractivity contribution < 1.29 is 17.9 Å². The van der Waals surface area contributed by atoms with Gasteiger partial charge in [0.25, 0.3) is 5.56 Å². The molecule has 0 radical (unpaired) electrons. The van der Waals surface area contributed by atoms with Crippen molar-refractivity contribution in [2.45, 2.75) is 18.8 Å². The van der Waals surface area contributed by atoms with Crippen molar-refractivity contribution >= 4 is 10.9 Å². The van der Waals surface area contributed by atoms with E-state index in [1.165, 1.54) is 22.8 Å². The number of alkyl halides is 3. The molecular formula is C22H16F3N3O2. The van der Waals surface area contributed by atoms with Crippen molar-refractivity contribution in [1.29, 1.82) is 0 Å². The normalized spacial score (nSPS) is 16.6. The van der Waals surface area contributed by atoms with Gasteiger partial charge in [0.1, 0.15) is 0 Å². The molecule has 0 spiro atoms. The van der Waals surface area contributed by atoms with Gasteiger partial charge in [-0.1, -0.05) is 12.1 Å². The molecule has 5 nitrogen and oxygen atoms in total. The van der Waals surface area contributed by atoms with E-state index in [-0.39, 0.29) is 11.8 Å². The fourth-order valence-electron chi connectivity index (χ4n) is 3.56. The zero-order valence-electron chi connectivity index (χ0n) is 15.6. The first kappa shape index (κ1) is 18.6. The molecule has 1 atom stereocenters. The van der Waals surface area contributed by atoms with Crippen LogP contribution in [-0.4, -0.2) is 21.0 Å². The Labute approximate surface area is 168 Å². The SMILES string of the molecule is O=c1cc(-c2ccc(C(F)(F)F)cc2)ccn1-c1ccc2c(cnn2C2CCO2)c1. The molecule has 8 heteroatoms. The van der Waals surface area contributed by atoms with E-state index in [9.17, 15) is 18.0 Å². The molecule has 152 valence electrons. The first-order chi connectivity index (χ1) is 14.4. The van der Waals surface area contributed by atoms with Gasteiger partial charge in [-0.25, -0.2) is 4.68 Å². The van der Waals surface area contributed by atoms with Gasteiger partial charge in [-0.15, -0.1) is 0 Å².